The summed E-state index contributed by atoms with van der Waals surface area (Å²) in [5, 5.41) is 3.27. The molecule has 1 aliphatic heterocycles. The van der Waals surface area contributed by atoms with Crippen molar-refractivity contribution in [2.75, 3.05) is 13.2 Å². The Morgan fingerprint density at radius 1 is 1.04 bits per heavy atom. The average Bonchev–Trinajstić information content (AvgIpc) is 3.01. The molecule has 0 radical (unpaired) electrons. The van der Waals surface area contributed by atoms with E-state index in [-0.39, 0.29) is 11.2 Å². The summed E-state index contributed by atoms with van der Waals surface area (Å²) in [7, 11) is 0. The third-order valence-electron chi connectivity index (χ3n) is 4.56. The van der Waals surface area contributed by atoms with Crippen LogP contribution in [0, 0.1) is 0 Å². The number of nitrogens with one attached hydrogen (secondary N) is 1. The monoisotopic (exact) mass is 443 g/mol. The minimum atomic E-state index is -0.614. The van der Waals surface area contributed by atoms with Gasteiger partial charge in [0.05, 0.1) is 30.2 Å². The van der Waals surface area contributed by atoms with Gasteiger partial charge in [0.1, 0.15) is 5.58 Å². The van der Waals surface area contributed by atoms with Crippen LogP contribution in [0.25, 0.3) is 11.0 Å². The fourth-order valence-electron chi connectivity index (χ4n) is 3.38. The first-order chi connectivity index (χ1) is 13.5. The molecular weight excluding hydrogens is 426 g/mol. The third-order valence-corrected chi connectivity index (χ3v) is 5.05. The lowest BCUT2D eigenvalue weighted by Crippen LogP contribution is -2.22. The van der Waals surface area contributed by atoms with Gasteiger partial charge in [-0.15, -0.1) is 0 Å². The number of benzene rings is 2. The first-order valence-electron chi connectivity index (χ1n) is 9.00. The van der Waals surface area contributed by atoms with Gasteiger partial charge in [0.25, 0.3) is 5.91 Å². The Kier molecular flexibility index (Phi) is 4.85. The fourth-order valence-corrected chi connectivity index (χ4v) is 3.74. The van der Waals surface area contributed by atoms with Gasteiger partial charge in [0.15, 0.2) is 16.9 Å². The number of carbonyl (C=O) groups is 1. The fraction of sp³-hybridized carbons (Fsp3) is 0.238. The van der Waals surface area contributed by atoms with Gasteiger partial charge in [-0.3, -0.25) is 9.59 Å². The molecule has 0 spiro atoms. The van der Waals surface area contributed by atoms with Crippen LogP contribution in [0.15, 0.2) is 50.1 Å². The number of hydrogen-bond donors (Lipinski definition) is 1. The summed E-state index contributed by atoms with van der Waals surface area (Å²) < 4.78 is 17.8. The van der Waals surface area contributed by atoms with Crippen LogP contribution < -0.4 is 20.2 Å². The molecule has 28 heavy (non-hydrogen) atoms. The van der Waals surface area contributed by atoms with Gasteiger partial charge < -0.3 is 19.2 Å². The van der Waals surface area contributed by atoms with Crippen LogP contribution in [-0.4, -0.2) is 19.1 Å². The number of rotatable bonds is 5. The largest absolute Gasteiger partial charge is 0.490 e. The van der Waals surface area contributed by atoms with Crippen LogP contribution >= 0.6 is 15.9 Å². The predicted octanol–water partition coefficient (Wildman–Crippen LogP) is 4.19. The lowest BCUT2D eigenvalue weighted by molar-refractivity contribution is 0.0938. The lowest BCUT2D eigenvalue weighted by atomic mass is 9.99. The Balaban J connectivity index is 1.87. The molecule has 1 unspecified atom stereocenters. The number of amides is 1. The number of carbonyl (C=O) groups excluding carboxylic acids is 1. The molecule has 0 fully saturated rings. The van der Waals surface area contributed by atoms with Gasteiger partial charge in [0, 0.05) is 4.47 Å². The van der Waals surface area contributed by atoms with E-state index in [2.05, 4.69) is 21.2 Å². The predicted molar refractivity (Wildman–Crippen MR) is 108 cm³/mol. The van der Waals surface area contributed by atoms with Crippen molar-refractivity contribution in [1.82, 2.24) is 5.32 Å². The van der Waals surface area contributed by atoms with E-state index in [1.807, 2.05) is 19.9 Å². The molecule has 144 valence electrons. The number of hydrogen-bond acceptors (Lipinski definition) is 5. The summed E-state index contributed by atoms with van der Waals surface area (Å²) in [6.45, 7) is 4.75. The normalized spacial score (nSPS) is 15.4. The highest BCUT2D eigenvalue weighted by Crippen LogP contribution is 2.36. The topological polar surface area (TPSA) is 77.8 Å². The molecule has 0 saturated heterocycles. The first-order valence-corrected chi connectivity index (χ1v) is 9.79. The van der Waals surface area contributed by atoms with Crippen LogP contribution in [0.5, 0.6) is 11.5 Å². The van der Waals surface area contributed by atoms with Gasteiger partial charge in [-0.05, 0) is 49.7 Å². The summed E-state index contributed by atoms with van der Waals surface area (Å²) in [4.78, 5) is 25.6. The summed E-state index contributed by atoms with van der Waals surface area (Å²) in [6.07, 6.45) is 0. The maximum atomic E-state index is 13.2. The van der Waals surface area contributed by atoms with Crippen molar-refractivity contribution in [2.45, 2.75) is 19.9 Å². The molecule has 7 heteroatoms. The minimum Gasteiger partial charge on any atom is -0.490 e. The smallest absolute Gasteiger partial charge is 0.288 e. The third kappa shape index (κ3) is 3.05. The molecule has 1 amide bonds. The van der Waals surface area contributed by atoms with Crippen LogP contribution in [0.1, 0.15) is 41.6 Å². The van der Waals surface area contributed by atoms with Gasteiger partial charge in [-0.1, -0.05) is 22.0 Å². The second-order valence-electron chi connectivity index (χ2n) is 6.29. The van der Waals surface area contributed by atoms with Crippen molar-refractivity contribution < 1.29 is 18.7 Å². The van der Waals surface area contributed by atoms with Crippen LogP contribution in [-0.2, 0) is 0 Å². The van der Waals surface area contributed by atoms with Gasteiger partial charge >= 0.3 is 0 Å². The molecule has 0 bridgehead atoms. The number of halogens is 1. The molecule has 0 saturated carbocycles. The molecule has 3 aromatic rings. The Morgan fingerprint density at radius 3 is 2.54 bits per heavy atom. The zero-order chi connectivity index (χ0) is 19.8. The van der Waals surface area contributed by atoms with Crippen molar-refractivity contribution in [2.24, 2.45) is 0 Å². The summed E-state index contributed by atoms with van der Waals surface area (Å²) in [5.41, 5.74) is 1.18. The van der Waals surface area contributed by atoms with Gasteiger partial charge in [0.2, 0.25) is 5.76 Å². The van der Waals surface area contributed by atoms with E-state index in [0.29, 0.717) is 41.2 Å². The number of ether oxygens (including phenoxy) is 2. The van der Waals surface area contributed by atoms with Crippen molar-refractivity contribution in [3.63, 3.8) is 0 Å². The van der Waals surface area contributed by atoms with Crippen molar-refractivity contribution in [1.29, 1.82) is 0 Å². The van der Waals surface area contributed by atoms with E-state index in [0.717, 1.165) is 10.0 Å². The maximum absolute atomic E-state index is 13.2. The molecular formula is C21H18BrNO5. The van der Waals surface area contributed by atoms with Gasteiger partial charge in [-0.2, -0.15) is 0 Å². The van der Waals surface area contributed by atoms with E-state index in [4.69, 9.17) is 13.9 Å². The molecule has 2 aromatic carbocycles. The van der Waals surface area contributed by atoms with Crippen molar-refractivity contribution in [3.8, 4) is 11.5 Å². The second-order valence-corrected chi connectivity index (χ2v) is 7.21. The molecule has 6 nitrogen and oxygen atoms in total. The zero-order valence-electron chi connectivity index (χ0n) is 15.4. The summed E-state index contributed by atoms with van der Waals surface area (Å²) in [5.74, 6) is 0.829. The van der Waals surface area contributed by atoms with Crippen molar-refractivity contribution >= 4 is 32.8 Å². The molecule has 1 atom stereocenters. The molecule has 0 aliphatic carbocycles. The summed E-state index contributed by atoms with van der Waals surface area (Å²) in [6, 6.07) is 9.92. The van der Waals surface area contributed by atoms with Crippen LogP contribution in [0.2, 0.25) is 0 Å². The molecule has 4 rings (SSSR count). The molecule has 1 aromatic heterocycles. The Morgan fingerprint density at radius 2 is 1.79 bits per heavy atom. The highest BCUT2D eigenvalue weighted by atomic mass is 79.9. The number of fused-ring (bicyclic) bond motifs is 2. The zero-order valence-corrected chi connectivity index (χ0v) is 17.0. The maximum Gasteiger partial charge on any atom is 0.288 e. The second kappa shape index (κ2) is 7.31. The Bertz CT molecular complexity index is 1140. The van der Waals surface area contributed by atoms with E-state index in [9.17, 15) is 9.59 Å². The van der Waals surface area contributed by atoms with Crippen molar-refractivity contribution in [3.05, 3.63) is 68.0 Å². The molecule has 1 N–H and O–H groups in total. The molecule has 2 heterocycles. The Hall–Kier alpha value is -2.80. The van der Waals surface area contributed by atoms with E-state index in [1.54, 1.807) is 30.3 Å². The highest BCUT2D eigenvalue weighted by Gasteiger charge is 2.36. The minimum absolute atomic E-state index is 0.0525. The first kappa shape index (κ1) is 18.6. The molecule has 1 aliphatic rings. The van der Waals surface area contributed by atoms with E-state index in [1.165, 1.54) is 0 Å². The SMILES string of the molecule is CCOc1ccc(C2NC(=O)c3oc4ccc(Br)cc4c(=O)c32)cc1OCC. The van der Waals surface area contributed by atoms with E-state index < -0.39 is 11.9 Å². The van der Waals surface area contributed by atoms with E-state index >= 15 is 0 Å². The standard InChI is InChI=1S/C21H18BrNO5/c1-3-26-15-7-5-11(9-16(15)27-4-2)18-17-19(24)13-10-12(22)6-8-14(13)28-20(17)21(25)23-18/h5-10,18H,3-4H2,1-2H3,(H,23,25). The Labute approximate surface area is 169 Å². The van der Waals surface area contributed by atoms with Crippen LogP contribution in [0.4, 0.5) is 0 Å². The summed E-state index contributed by atoms with van der Waals surface area (Å²) >= 11 is 3.38. The quantitative estimate of drug-likeness (QED) is 0.639. The van der Waals surface area contributed by atoms with Gasteiger partial charge in [-0.25, -0.2) is 0 Å². The average molecular weight is 444 g/mol. The lowest BCUT2D eigenvalue weighted by Gasteiger charge is -2.16. The van der Waals surface area contributed by atoms with Crippen LogP contribution in [0.3, 0.4) is 0 Å². The highest BCUT2D eigenvalue weighted by molar-refractivity contribution is 9.10.